The second kappa shape index (κ2) is 18.9. The molecule has 24 heavy (non-hydrogen) atoms. The molecule has 0 aliphatic rings. The van der Waals surface area contributed by atoms with Gasteiger partial charge in [-0.05, 0) is 57.7 Å². The van der Waals surface area contributed by atoms with Crippen molar-refractivity contribution in [2.75, 3.05) is 17.3 Å². The van der Waals surface area contributed by atoms with Gasteiger partial charge < -0.3 is 0 Å². The molecular weight excluding hydrogens is 423 g/mol. The molecular formula is C22H47IS. The molecule has 0 unspecified atom stereocenters. The predicted molar refractivity (Wildman–Crippen MR) is 127 cm³/mol. The van der Waals surface area contributed by atoms with E-state index in [9.17, 15) is 0 Å². The van der Waals surface area contributed by atoms with Gasteiger partial charge >= 0.3 is 0 Å². The first-order valence-electron chi connectivity index (χ1n) is 11.1. The SMILES string of the molecule is CCCCCCCCCCS(I)(CCCCCC)CCCCCC. The van der Waals surface area contributed by atoms with Gasteiger partial charge in [-0.2, -0.15) is 7.20 Å². The fourth-order valence-corrected chi connectivity index (χ4v) is 8.96. The van der Waals surface area contributed by atoms with Gasteiger partial charge in [0.1, 0.15) is 0 Å². The Balaban J connectivity index is 3.90. The number of hydrogen-bond donors (Lipinski definition) is 0. The van der Waals surface area contributed by atoms with Gasteiger partial charge in [0.05, 0.1) is 0 Å². The maximum Gasteiger partial charge on any atom is -0.0144 e. The molecule has 0 aliphatic heterocycles. The summed E-state index contributed by atoms with van der Waals surface area (Å²) in [7, 11) is -0.331. The third-order valence-electron chi connectivity index (χ3n) is 5.09. The van der Waals surface area contributed by atoms with E-state index in [1.165, 1.54) is 103 Å². The minimum atomic E-state index is -0.331. The van der Waals surface area contributed by atoms with Crippen LogP contribution in [0, 0.1) is 0 Å². The lowest BCUT2D eigenvalue weighted by Gasteiger charge is -2.34. The highest BCUT2D eigenvalue weighted by Crippen LogP contribution is 2.58. The van der Waals surface area contributed by atoms with E-state index in [1.807, 2.05) is 0 Å². The lowest BCUT2D eigenvalue weighted by atomic mass is 10.1. The van der Waals surface area contributed by atoms with Crippen LogP contribution in [0.2, 0.25) is 0 Å². The van der Waals surface area contributed by atoms with E-state index >= 15 is 0 Å². The first-order valence-corrected chi connectivity index (χ1v) is 15.8. The van der Waals surface area contributed by atoms with Crippen molar-refractivity contribution in [3.8, 4) is 0 Å². The molecule has 0 nitrogen and oxygen atoms in total. The molecule has 0 N–H and O–H groups in total. The minimum absolute atomic E-state index is 0.331. The Labute approximate surface area is 168 Å². The molecule has 0 atom stereocenters. The fourth-order valence-electron chi connectivity index (χ4n) is 3.38. The van der Waals surface area contributed by atoms with Crippen LogP contribution in [0.4, 0.5) is 0 Å². The van der Waals surface area contributed by atoms with Crippen molar-refractivity contribution in [2.24, 2.45) is 0 Å². The van der Waals surface area contributed by atoms with Crippen LogP contribution in [0.5, 0.6) is 0 Å². The lowest BCUT2D eigenvalue weighted by Crippen LogP contribution is -2.08. The van der Waals surface area contributed by atoms with Crippen LogP contribution in [0.15, 0.2) is 0 Å². The van der Waals surface area contributed by atoms with Gasteiger partial charge in [-0.25, -0.2) is 0 Å². The van der Waals surface area contributed by atoms with Crippen LogP contribution in [0.1, 0.15) is 124 Å². The Morgan fingerprint density at radius 3 is 1.00 bits per heavy atom. The molecule has 0 spiro atoms. The molecule has 0 radical (unpaired) electrons. The highest BCUT2D eigenvalue weighted by atomic mass is 127. The number of rotatable bonds is 19. The summed E-state index contributed by atoms with van der Waals surface area (Å²) in [6.45, 7) is 6.97. The largest absolute Gasteiger partial charge is 0.187 e. The van der Waals surface area contributed by atoms with Crippen molar-refractivity contribution in [1.29, 1.82) is 0 Å². The highest BCUT2D eigenvalue weighted by Gasteiger charge is 2.19. The van der Waals surface area contributed by atoms with E-state index in [2.05, 4.69) is 42.0 Å². The Kier molecular flexibility index (Phi) is 19.7. The maximum absolute atomic E-state index is 2.94. The minimum Gasteiger partial charge on any atom is -0.187 e. The van der Waals surface area contributed by atoms with E-state index < -0.39 is 0 Å². The number of unbranched alkanes of at least 4 members (excludes halogenated alkanes) is 13. The van der Waals surface area contributed by atoms with Gasteiger partial charge in [-0.3, -0.25) is 0 Å². The Bertz CT molecular complexity index is 230. The van der Waals surface area contributed by atoms with E-state index in [1.54, 1.807) is 17.3 Å². The van der Waals surface area contributed by atoms with Crippen molar-refractivity contribution in [1.82, 2.24) is 0 Å². The van der Waals surface area contributed by atoms with E-state index in [0.717, 1.165) is 0 Å². The molecule has 0 heterocycles. The molecule has 0 rings (SSSR count). The van der Waals surface area contributed by atoms with E-state index in [4.69, 9.17) is 0 Å². The fraction of sp³-hybridized carbons (Fsp3) is 1.00. The predicted octanol–water partition coefficient (Wildman–Crippen LogP) is 9.44. The summed E-state index contributed by atoms with van der Waals surface area (Å²) in [5, 5.41) is 0. The first kappa shape index (κ1) is 25.1. The topological polar surface area (TPSA) is 0 Å². The van der Waals surface area contributed by atoms with Gasteiger partial charge in [0.2, 0.25) is 0 Å². The van der Waals surface area contributed by atoms with E-state index in [0.29, 0.717) is 0 Å². The van der Waals surface area contributed by atoms with Gasteiger partial charge in [0.25, 0.3) is 0 Å². The zero-order valence-corrected chi connectivity index (χ0v) is 20.2. The average Bonchev–Trinajstić information content (AvgIpc) is 2.58. The average molecular weight is 471 g/mol. The zero-order valence-electron chi connectivity index (χ0n) is 17.2. The maximum atomic E-state index is 2.94. The summed E-state index contributed by atoms with van der Waals surface area (Å²) in [5.41, 5.74) is 0. The summed E-state index contributed by atoms with van der Waals surface area (Å²) >= 11 is 2.94. The van der Waals surface area contributed by atoms with Crippen LogP contribution in [0.3, 0.4) is 0 Å². The Morgan fingerprint density at radius 1 is 0.417 bits per heavy atom. The Hall–Kier alpha value is 1.08. The third-order valence-corrected chi connectivity index (χ3v) is 12.1. The van der Waals surface area contributed by atoms with Crippen molar-refractivity contribution in [3.05, 3.63) is 0 Å². The molecule has 0 saturated heterocycles. The van der Waals surface area contributed by atoms with Crippen molar-refractivity contribution >= 4 is 28.4 Å². The van der Waals surface area contributed by atoms with Gasteiger partial charge in [0.15, 0.2) is 0 Å². The van der Waals surface area contributed by atoms with Crippen LogP contribution >= 0.6 is 28.4 Å². The summed E-state index contributed by atoms with van der Waals surface area (Å²) in [6, 6.07) is 0. The number of halogens is 1. The summed E-state index contributed by atoms with van der Waals surface area (Å²) in [4.78, 5) is 0. The summed E-state index contributed by atoms with van der Waals surface area (Å²) in [6.07, 6.45) is 23.3. The molecule has 0 fully saturated rings. The second-order valence-corrected chi connectivity index (χ2v) is 16.4. The first-order chi connectivity index (χ1) is 11.7. The van der Waals surface area contributed by atoms with E-state index in [-0.39, 0.29) is 7.20 Å². The van der Waals surface area contributed by atoms with Crippen LogP contribution < -0.4 is 0 Å². The molecule has 2 heteroatoms. The Morgan fingerprint density at radius 2 is 0.667 bits per heavy atom. The molecule has 0 saturated carbocycles. The second-order valence-electron chi connectivity index (χ2n) is 7.65. The third kappa shape index (κ3) is 16.5. The molecule has 0 amide bonds. The molecule has 0 aliphatic carbocycles. The van der Waals surface area contributed by atoms with Crippen LogP contribution in [-0.4, -0.2) is 17.3 Å². The quantitative estimate of drug-likeness (QED) is 0.130. The highest BCUT2D eigenvalue weighted by molar-refractivity contribution is 14.2. The molecule has 0 aromatic carbocycles. The van der Waals surface area contributed by atoms with Gasteiger partial charge in [-0.1, -0.05) is 104 Å². The molecule has 0 bridgehead atoms. The van der Waals surface area contributed by atoms with Crippen LogP contribution in [-0.2, 0) is 0 Å². The zero-order chi connectivity index (χ0) is 17.9. The van der Waals surface area contributed by atoms with Crippen molar-refractivity contribution < 1.29 is 0 Å². The summed E-state index contributed by atoms with van der Waals surface area (Å²) in [5.74, 6) is 4.66. The molecule has 0 aromatic rings. The van der Waals surface area contributed by atoms with Crippen LogP contribution in [0.25, 0.3) is 0 Å². The van der Waals surface area contributed by atoms with Crippen molar-refractivity contribution in [3.63, 3.8) is 0 Å². The number of hydrogen-bond acceptors (Lipinski definition) is 0. The van der Waals surface area contributed by atoms with Gasteiger partial charge in [0, 0.05) is 0 Å². The normalized spacial score (nSPS) is 12.7. The standard InChI is InChI=1S/C22H47IS/c1-4-7-10-13-14-15-16-19-22-24(23,20-17-11-8-5-2)21-18-12-9-6-3/h4-22H2,1-3H3. The molecule has 148 valence electrons. The summed E-state index contributed by atoms with van der Waals surface area (Å²) < 4.78 is 0. The van der Waals surface area contributed by atoms with Gasteiger partial charge in [-0.15, -0.1) is 0 Å². The van der Waals surface area contributed by atoms with Crippen molar-refractivity contribution in [2.45, 2.75) is 124 Å². The smallest absolute Gasteiger partial charge is 0.0144 e. The lowest BCUT2D eigenvalue weighted by molar-refractivity contribution is 0.586. The molecule has 0 aromatic heterocycles. The monoisotopic (exact) mass is 470 g/mol.